The predicted molar refractivity (Wildman–Crippen MR) is 109 cm³/mol. The van der Waals surface area contributed by atoms with Crippen molar-refractivity contribution in [3.05, 3.63) is 84.1 Å². The van der Waals surface area contributed by atoms with Gasteiger partial charge in [-0.05, 0) is 42.6 Å². The molecule has 0 unspecified atom stereocenters. The van der Waals surface area contributed by atoms with E-state index in [2.05, 4.69) is 10.6 Å². The number of furan rings is 1. The van der Waals surface area contributed by atoms with E-state index in [0.29, 0.717) is 11.5 Å². The van der Waals surface area contributed by atoms with E-state index in [0.717, 1.165) is 11.6 Å². The van der Waals surface area contributed by atoms with Crippen molar-refractivity contribution in [1.29, 1.82) is 0 Å². The summed E-state index contributed by atoms with van der Waals surface area (Å²) in [4.78, 5) is 12.0. The largest absolute Gasteiger partial charge is 0.457 e. The molecule has 0 fully saturated rings. The van der Waals surface area contributed by atoms with Gasteiger partial charge in [0.2, 0.25) is 5.91 Å². The van der Waals surface area contributed by atoms with Crippen LogP contribution in [0.3, 0.4) is 0 Å². The number of alkyl halides is 3. The number of benzene rings is 2. The molecule has 0 radical (unpaired) electrons. The van der Waals surface area contributed by atoms with E-state index in [1.54, 1.807) is 12.1 Å². The summed E-state index contributed by atoms with van der Waals surface area (Å²) < 4.78 is 44.6. The van der Waals surface area contributed by atoms with E-state index >= 15 is 0 Å². The van der Waals surface area contributed by atoms with Gasteiger partial charge in [0.25, 0.3) is 0 Å². The lowest BCUT2D eigenvalue weighted by Gasteiger charge is -2.14. The molecule has 1 aromatic heterocycles. The Morgan fingerprint density at radius 3 is 2.38 bits per heavy atom. The molecule has 8 heteroatoms. The van der Waals surface area contributed by atoms with Crippen molar-refractivity contribution >= 4 is 35.0 Å². The van der Waals surface area contributed by atoms with Crippen molar-refractivity contribution in [1.82, 2.24) is 5.32 Å². The molecule has 29 heavy (non-hydrogen) atoms. The molecule has 0 bridgehead atoms. The van der Waals surface area contributed by atoms with Crippen LogP contribution in [-0.2, 0) is 11.0 Å². The summed E-state index contributed by atoms with van der Waals surface area (Å²) in [7, 11) is 0. The van der Waals surface area contributed by atoms with Crippen molar-refractivity contribution in [3.8, 4) is 11.3 Å². The monoisotopic (exact) mass is 416 g/mol. The standard InChI is InChI=1S/C21H15F3N2O2S/c22-21(23,24)16-8-4-5-9-17(16)25-20(29)26-19(27)13-11-15-10-12-18(28-15)14-6-2-1-3-7-14/h1-13H,(H2,25,26,27,29)/b13-11+. The minimum absolute atomic E-state index is 0.243. The van der Waals surface area contributed by atoms with Gasteiger partial charge in [0.05, 0.1) is 11.3 Å². The minimum atomic E-state index is -4.54. The van der Waals surface area contributed by atoms with E-state index in [9.17, 15) is 18.0 Å². The Hall–Kier alpha value is -3.39. The molecule has 148 valence electrons. The summed E-state index contributed by atoms with van der Waals surface area (Å²) in [6.45, 7) is 0. The second-order valence-electron chi connectivity index (χ2n) is 5.89. The number of nitrogens with one attached hydrogen (secondary N) is 2. The molecule has 0 atom stereocenters. The zero-order chi connectivity index (χ0) is 20.9. The fourth-order valence-electron chi connectivity index (χ4n) is 2.50. The third-order valence-corrected chi connectivity index (χ3v) is 4.01. The van der Waals surface area contributed by atoms with Crippen LogP contribution in [0.15, 0.2) is 77.2 Å². The zero-order valence-corrected chi connectivity index (χ0v) is 15.7. The maximum absolute atomic E-state index is 13.0. The Morgan fingerprint density at radius 2 is 1.66 bits per heavy atom. The highest BCUT2D eigenvalue weighted by atomic mass is 32.1. The maximum Gasteiger partial charge on any atom is 0.418 e. The number of thiocarbonyl (C=S) groups is 1. The zero-order valence-electron chi connectivity index (χ0n) is 14.9. The lowest BCUT2D eigenvalue weighted by molar-refractivity contribution is -0.136. The molecule has 0 spiro atoms. The van der Waals surface area contributed by atoms with E-state index < -0.39 is 17.6 Å². The molecule has 3 aromatic rings. The quantitative estimate of drug-likeness (QED) is 0.436. The van der Waals surface area contributed by atoms with Crippen LogP contribution in [0, 0.1) is 0 Å². The van der Waals surface area contributed by atoms with Crippen LogP contribution in [0.4, 0.5) is 18.9 Å². The molecule has 2 N–H and O–H groups in total. The molecule has 3 rings (SSSR count). The maximum atomic E-state index is 13.0. The van der Waals surface area contributed by atoms with Crippen molar-refractivity contribution < 1.29 is 22.4 Å². The van der Waals surface area contributed by atoms with Crippen molar-refractivity contribution in [3.63, 3.8) is 0 Å². The lowest BCUT2D eigenvalue weighted by atomic mass is 10.1. The Balaban J connectivity index is 1.60. The number of hydrogen-bond acceptors (Lipinski definition) is 3. The van der Waals surface area contributed by atoms with E-state index in [1.807, 2.05) is 30.3 Å². The molecule has 0 aliphatic heterocycles. The van der Waals surface area contributed by atoms with Crippen molar-refractivity contribution in [2.75, 3.05) is 5.32 Å². The summed E-state index contributed by atoms with van der Waals surface area (Å²) in [6.07, 6.45) is -1.93. The van der Waals surface area contributed by atoms with E-state index in [4.69, 9.17) is 16.6 Å². The van der Waals surface area contributed by atoms with Gasteiger partial charge in [0.1, 0.15) is 11.5 Å². The highest BCUT2D eigenvalue weighted by Crippen LogP contribution is 2.34. The number of para-hydroxylation sites is 1. The summed E-state index contributed by atoms with van der Waals surface area (Å²) >= 11 is 4.93. The first-order valence-corrected chi connectivity index (χ1v) is 8.85. The smallest absolute Gasteiger partial charge is 0.418 e. The minimum Gasteiger partial charge on any atom is -0.457 e. The molecular formula is C21H15F3N2O2S. The van der Waals surface area contributed by atoms with Crippen molar-refractivity contribution in [2.45, 2.75) is 6.18 Å². The Kier molecular flexibility index (Phi) is 6.13. The van der Waals surface area contributed by atoms with Crippen LogP contribution in [-0.4, -0.2) is 11.0 Å². The first kappa shape index (κ1) is 20.3. The normalized spacial score (nSPS) is 11.4. The SMILES string of the molecule is O=C(/C=C/c1ccc(-c2ccccc2)o1)NC(=S)Nc1ccccc1C(F)(F)F. The molecule has 0 saturated heterocycles. The fraction of sp³-hybridized carbons (Fsp3) is 0.0476. The van der Waals surface area contributed by atoms with Gasteiger partial charge in [-0.15, -0.1) is 0 Å². The number of hydrogen-bond donors (Lipinski definition) is 2. The van der Waals surface area contributed by atoms with Crippen molar-refractivity contribution in [2.24, 2.45) is 0 Å². The average molecular weight is 416 g/mol. The topological polar surface area (TPSA) is 54.3 Å². The molecule has 1 amide bonds. The number of carbonyl (C=O) groups excluding carboxylic acids is 1. The van der Waals surface area contributed by atoms with E-state index in [-0.39, 0.29) is 10.8 Å². The summed E-state index contributed by atoms with van der Waals surface area (Å²) in [5.74, 6) is 0.483. The number of rotatable bonds is 4. The molecule has 0 aliphatic carbocycles. The van der Waals surface area contributed by atoms with Gasteiger partial charge >= 0.3 is 6.18 Å². The third kappa shape index (κ3) is 5.55. The van der Waals surface area contributed by atoms with Gasteiger partial charge in [-0.25, -0.2) is 0 Å². The second kappa shape index (κ2) is 8.74. The number of halogens is 3. The van der Waals surface area contributed by atoms with Crippen LogP contribution < -0.4 is 10.6 Å². The van der Waals surface area contributed by atoms with Gasteiger partial charge < -0.3 is 9.73 Å². The Bertz CT molecular complexity index is 1040. The average Bonchev–Trinajstić information content (AvgIpc) is 3.16. The van der Waals surface area contributed by atoms with E-state index in [1.165, 1.54) is 30.4 Å². The highest BCUT2D eigenvalue weighted by Gasteiger charge is 2.33. The molecule has 1 heterocycles. The number of carbonyl (C=O) groups is 1. The number of anilines is 1. The van der Waals surface area contributed by atoms with Crippen LogP contribution in [0.5, 0.6) is 0 Å². The van der Waals surface area contributed by atoms with Crippen LogP contribution >= 0.6 is 12.2 Å². The first-order chi connectivity index (χ1) is 13.8. The number of amides is 1. The molecular weight excluding hydrogens is 401 g/mol. The first-order valence-electron chi connectivity index (χ1n) is 8.44. The van der Waals surface area contributed by atoms with Gasteiger partial charge in [0.15, 0.2) is 5.11 Å². The second-order valence-corrected chi connectivity index (χ2v) is 6.30. The van der Waals surface area contributed by atoms with Gasteiger partial charge in [-0.3, -0.25) is 10.1 Å². The van der Waals surface area contributed by atoms with Gasteiger partial charge in [0, 0.05) is 11.6 Å². The summed E-state index contributed by atoms with van der Waals surface area (Å²) in [5.41, 5.74) is -0.228. The summed E-state index contributed by atoms with van der Waals surface area (Å²) in [5, 5.41) is 4.45. The Labute approximate surface area is 170 Å². The van der Waals surface area contributed by atoms with Gasteiger partial charge in [-0.1, -0.05) is 42.5 Å². The Morgan fingerprint density at radius 1 is 0.966 bits per heavy atom. The summed E-state index contributed by atoms with van der Waals surface area (Å²) in [6, 6.07) is 17.8. The molecule has 0 saturated carbocycles. The van der Waals surface area contributed by atoms with Crippen LogP contribution in [0.1, 0.15) is 11.3 Å². The lowest BCUT2D eigenvalue weighted by Crippen LogP contribution is -2.33. The van der Waals surface area contributed by atoms with Gasteiger partial charge in [-0.2, -0.15) is 13.2 Å². The predicted octanol–water partition coefficient (Wildman–Crippen LogP) is 5.49. The third-order valence-electron chi connectivity index (χ3n) is 3.80. The van der Waals surface area contributed by atoms with Crippen LogP contribution in [0.2, 0.25) is 0 Å². The van der Waals surface area contributed by atoms with Crippen LogP contribution in [0.25, 0.3) is 17.4 Å². The fourth-order valence-corrected chi connectivity index (χ4v) is 2.71. The highest BCUT2D eigenvalue weighted by molar-refractivity contribution is 7.80. The molecule has 2 aromatic carbocycles. The molecule has 0 aliphatic rings. The molecule has 4 nitrogen and oxygen atoms in total.